The fraction of sp³-hybridized carbons (Fsp3) is 0.750. The number of aromatic nitrogens is 4. The summed E-state index contributed by atoms with van der Waals surface area (Å²) in [5.74, 6) is -0.601. The van der Waals surface area contributed by atoms with E-state index in [0.29, 0.717) is 25.4 Å². The van der Waals surface area contributed by atoms with Gasteiger partial charge in [0.1, 0.15) is 6.61 Å². The van der Waals surface area contributed by atoms with Gasteiger partial charge in [0.25, 0.3) is 0 Å². The highest BCUT2D eigenvalue weighted by atomic mass is 16.5. The van der Waals surface area contributed by atoms with Crippen molar-refractivity contribution in [3.8, 4) is 0 Å². The number of nitrogens with zero attached hydrogens (tertiary/aromatic N) is 4. The third-order valence-electron chi connectivity index (χ3n) is 2.07. The number of aliphatic carboxylic acids is 1. The maximum Gasteiger partial charge on any atom is 0.306 e. The van der Waals surface area contributed by atoms with Gasteiger partial charge in [-0.2, -0.15) is 0 Å². The van der Waals surface area contributed by atoms with Gasteiger partial charge in [0.05, 0.1) is 5.92 Å². The van der Waals surface area contributed by atoms with E-state index >= 15 is 0 Å². The zero-order valence-corrected chi connectivity index (χ0v) is 8.75. The highest BCUT2D eigenvalue weighted by Crippen LogP contribution is 2.05. The van der Waals surface area contributed by atoms with E-state index in [1.54, 1.807) is 18.7 Å². The molecule has 1 atom stereocenters. The first-order chi connectivity index (χ1) is 7.15. The summed E-state index contributed by atoms with van der Waals surface area (Å²) in [6.07, 6.45) is 0.497. The van der Waals surface area contributed by atoms with E-state index in [1.165, 1.54) is 0 Å². The molecule has 1 rings (SSSR count). The predicted octanol–water partition coefficient (Wildman–Crippen LogP) is -0.0697. The SMILES string of the molecule is COCc1nnnn1CCC(C)C(=O)O. The molecule has 0 amide bonds. The first kappa shape index (κ1) is 11.6. The summed E-state index contributed by atoms with van der Waals surface area (Å²) in [6.45, 7) is 2.47. The first-order valence-corrected chi connectivity index (χ1v) is 4.62. The fourth-order valence-electron chi connectivity index (χ4n) is 1.07. The normalized spacial score (nSPS) is 12.7. The molecule has 7 nitrogen and oxygen atoms in total. The molecular weight excluding hydrogens is 200 g/mol. The van der Waals surface area contributed by atoms with E-state index in [4.69, 9.17) is 9.84 Å². The lowest BCUT2D eigenvalue weighted by atomic mass is 10.1. The first-order valence-electron chi connectivity index (χ1n) is 4.62. The number of carboxylic acid groups (broad SMARTS) is 1. The molecule has 0 aliphatic rings. The van der Waals surface area contributed by atoms with Crippen molar-refractivity contribution in [3.05, 3.63) is 5.82 Å². The molecule has 1 aromatic heterocycles. The van der Waals surface area contributed by atoms with E-state index in [-0.39, 0.29) is 0 Å². The third-order valence-corrected chi connectivity index (χ3v) is 2.07. The molecule has 0 bridgehead atoms. The minimum Gasteiger partial charge on any atom is -0.481 e. The van der Waals surface area contributed by atoms with Crippen LogP contribution in [-0.2, 0) is 22.7 Å². The molecule has 0 spiro atoms. The molecule has 1 unspecified atom stereocenters. The molecule has 84 valence electrons. The summed E-state index contributed by atoms with van der Waals surface area (Å²) in [4.78, 5) is 10.6. The Morgan fingerprint density at radius 3 is 3.00 bits per heavy atom. The number of aryl methyl sites for hydroxylation is 1. The Kier molecular flexibility index (Phi) is 4.17. The van der Waals surface area contributed by atoms with Crippen LogP contribution in [0, 0.1) is 5.92 Å². The molecule has 0 aliphatic heterocycles. The summed E-state index contributed by atoms with van der Waals surface area (Å²) < 4.78 is 6.46. The number of carboxylic acids is 1. The minimum atomic E-state index is -0.809. The maximum absolute atomic E-state index is 10.6. The van der Waals surface area contributed by atoms with Crippen LogP contribution in [-0.4, -0.2) is 38.4 Å². The molecule has 0 saturated heterocycles. The number of hydrogen-bond donors (Lipinski definition) is 1. The quantitative estimate of drug-likeness (QED) is 0.712. The second-order valence-corrected chi connectivity index (χ2v) is 3.28. The lowest BCUT2D eigenvalue weighted by molar-refractivity contribution is -0.141. The van der Waals surface area contributed by atoms with Crippen molar-refractivity contribution in [2.45, 2.75) is 26.5 Å². The summed E-state index contributed by atoms with van der Waals surface area (Å²) in [5, 5.41) is 19.7. The van der Waals surface area contributed by atoms with Crippen LogP contribution in [0.1, 0.15) is 19.2 Å². The van der Waals surface area contributed by atoms with Gasteiger partial charge in [0.2, 0.25) is 0 Å². The Labute approximate surface area is 87.0 Å². The zero-order chi connectivity index (χ0) is 11.3. The van der Waals surface area contributed by atoms with Gasteiger partial charge in [0.15, 0.2) is 5.82 Å². The van der Waals surface area contributed by atoms with E-state index in [1.807, 2.05) is 0 Å². The molecule has 0 fully saturated rings. The van der Waals surface area contributed by atoms with Gasteiger partial charge in [-0.25, -0.2) is 4.68 Å². The van der Waals surface area contributed by atoms with Crippen molar-refractivity contribution in [3.63, 3.8) is 0 Å². The summed E-state index contributed by atoms with van der Waals surface area (Å²) in [6, 6.07) is 0. The van der Waals surface area contributed by atoms with Crippen LogP contribution < -0.4 is 0 Å². The summed E-state index contributed by atoms with van der Waals surface area (Å²) in [7, 11) is 1.55. The molecular formula is C8H14N4O3. The number of rotatable bonds is 6. The van der Waals surface area contributed by atoms with Crippen LogP contribution in [0.15, 0.2) is 0 Å². The molecule has 15 heavy (non-hydrogen) atoms. The van der Waals surface area contributed by atoms with Gasteiger partial charge < -0.3 is 9.84 Å². The van der Waals surface area contributed by atoms with E-state index in [9.17, 15) is 4.79 Å². The lowest BCUT2D eigenvalue weighted by Crippen LogP contribution is -2.15. The van der Waals surface area contributed by atoms with Crippen molar-refractivity contribution in [1.29, 1.82) is 0 Å². The Hall–Kier alpha value is -1.50. The third kappa shape index (κ3) is 3.28. The number of methoxy groups -OCH3 is 1. The molecule has 0 aromatic carbocycles. The fourth-order valence-corrected chi connectivity index (χ4v) is 1.07. The molecule has 1 heterocycles. The van der Waals surface area contributed by atoms with Crippen LogP contribution in [0.5, 0.6) is 0 Å². The second kappa shape index (κ2) is 5.40. The van der Waals surface area contributed by atoms with Crippen LogP contribution in [0.4, 0.5) is 0 Å². The maximum atomic E-state index is 10.6. The van der Waals surface area contributed by atoms with Crippen molar-refractivity contribution < 1.29 is 14.6 Å². The highest BCUT2D eigenvalue weighted by Gasteiger charge is 2.12. The van der Waals surface area contributed by atoms with Crippen molar-refractivity contribution in [2.24, 2.45) is 5.92 Å². The molecule has 1 N–H and O–H groups in total. The Morgan fingerprint density at radius 1 is 1.67 bits per heavy atom. The lowest BCUT2D eigenvalue weighted by Gasteiger charge is -2.06. The predicted molar refractivity (Wildman–Crippen MR) is 49.9 cm³/mol. The monoisotopic (exact) mass is 214 g/mol. The highest BCUT2D eigenvalue weighted by molar-refractivity contribution is 5.69. The summed E-state index contributed by atoms with van der Waals surface area (Å²) in [5.41, 5.74) is 0. The Bertz CT molecular complexity index is 325. The molecule has 7 heteroatoms. The number of hydrogen-bond acceptors (Lipinski definition) is 5. The number of carbonyl (C=O) groups is 1. The van der Waals surface area contributed by atoms with Gasteiger partial charge in [0, 0.05) is 13.7 Å². The van der Waals surface area contributed by atoms with Gasteiger partial charge in [-0.05, 0) is 16.8 Å². The summed E-state index contributed by atoms with van der Waals surface area (Å²) >= 11 is 0. The van der Waals surface area contributed by atoms with Crippen molar-refractivity contribution in [1.82, 2.24) is 20.2 Å². The Balaban J connectivity index is 2.49. The minimum absolute atomic E-state index is 0.328. The van der Waals surface area contributed by atoms with Crippen LogP contribution in [0.3, 0.4) is 0 Å². The van der Waals surface area contributed by atoms with Gasteiger partial charge in [-0.15, -0.1) is 5.10 Å². The molecule has 0 aliphatic carbocycles. The zero-order valence-electron chi connectivity index (χ0n) is 8.75. The smallest absolute Gasteiger partial charge is 0.306 e. The van der Waals surface area contributed by atoms with Gasteiger partial charge in [-0.3, -0.25) is 4.79 Å². The number of tetrazole rings is 1. The average Bonchev–Trinajstić information content (AvgIpc) is 2.62. The van der Waals surface area contributed by atoms with Crippen LogP contribution >= 0.6 is 0 Å². The topological polar surface area (TPSA) is 90.1 Å². The molecule has 1 aromatic rings. The van der Waals surface area contributed by atoms with Gasteiger partial charge in [-0.1, -0.05) is 6.92 Å². The Morgan fingerprint density at radius 2 is 2.40 bits per heavy atom. The molecule has 0 saturated carbocycles. The largest absolute Gasteiger partial charge is 0.481 e. The molecule has 0 radical (unpaired) electrons. The standard InChI is InChI=1S/C8H14N4O3/c1-6(8(13)14)3-4-12-7(5-15-2)9-10-11-12/h6H,3-5H2,1-2H3,(H,13,14). The average molecular weight is 214 g/mol. The number of ether oxygens (including phenoxy) is 1. The second-order valence-electron chi connectivity index (χ2n) is 3.28. The van der Waals surface area contributed by atoms with Crippen LogP contribution in [0.25, 0.3) is 0 Å². The van der Waals surface area contributed by atoms with Crippen molar-refractivity contribution >= 4 is 5.97 Å². The van der Waals surface area contributed by atoms with Crippen molar-refractivity contribution in [2.75, 3.05) is 7.11 Å². The van der Waals surface area contributed by atoms with Gasteiger partial charge >= 0.3 is 5.97 Å². The van der Waals surface area contributed by atoms with Crippen LogP contribution in [0.2, 0.25) is 0 Å². The van der Waals surface area contributed by atoms with E-state index in [2.05, 4.69) is 15.5 Å². The van der Waals surface area contributed by atoms with E-state index < -0.39 is 11.9 Å². The van der Waals surface area contributed by atoms with E-state index in [0.717, 1.165) is 0 Å².